The second kappa shape index (κ2) is 6.76. The van der Waals surface area contributed by atoms with Crippen LogP contribution < -0.4 is 5.32 Å². The Kier molecular flexibility index (Phi) is 4.97. The van der Waals surface area contributed by atoms with Crippen molar-refractivity contribution in [3.05, 3.63) is 58.1 Å². The van der Waals surface area contributed by atoms with Crippen molar-refractivity contribution >= 4 is 26.9 Å². The monoisotopic (exact) mass is 336 g/mol. The predicted octanol–water partition coefficient (Wildman–Crippen LogP) is 2.89. The van der Waals surface area contributed by atoms with E-state index < -0.39 is 14.8 Å². The normalized spacial score (nSPS) is 11.2. The van der Waals surface area contributed by atoms with Gasteiger partial charge in [0.15, 0.2) is 9.84 Å². The van der Waals surface area contributed by atoms with Crippen molar-refractivity contribution in [1.82, 2.24) is 0 Å². The highest BCUT2D eigenvalue weighted by molar-refractivity contribution is 7.90. The predicted molar refractivity (Wildman–Crippen MR) is 86.6 cm³/mol. The number of hydrogen-bond acceptors (Lipinski definition) is 6. The molecule has 2 aromatic carbocycles. The summed E-state index contributed by atoms with van der Waals surface area (Å²) in [5.41, 5.74) is 1.48. The van der Waals surface area contributed by atoms with Gasteiger partial charge in [-0.1, -0.05) is 12.1 Å². The first-order chi connectivity index (χ1) is 10.8. The standard InChI is InChI=1S/C15H16N2O5S/c1-22-10-11-4-3-5-12(8-11)16-14-7-6-13(23(2,20)21)9-15(14)17(18)19/h3-9,16H,10H2,1-2H3. The van der Waals surface area contributed by atoms with Gasteiger partial charge in [0.05, 0.1) is 16.4 Å². The van der Waals surface area contributed by atoms with Crippen LogP contribution in [0.5, 0.6) is 0 Å². The Labute approximate surface area is 134 Å². The zero-order valence-corrected chi connectivity index (χ0v) is 13.5. The van der Waals surface area contributed by atoms with Gasteiger partial charge in [-0.25, -0.2) is 8.42 Å². The number of sulfone groups is 1. The average molecular weight is 336 g/mol. The number of nitrogens with zero attached hydrogens (tertiary/aromatic N) is 1. The molecule has 0 saturated carbocycles. The van der Waals surface area contributed by atoms with Crippen LogP contribution in [0.1, 0.15) is 5.56 Å². The van der Waals surface area contributed by atoms with Crippen LogP contribution in [0.4, 0.5) is 17.1 Å². The van der Waals surface area contributed by atoms with Gasteiger partial charge in [-0.15, -0.1) is 0 Å². The van der Waals surface area contributed by atoms with Gasteiger partial charge in [-0.05, 0) is 29.8 Å². The van der Waals surface area contributed by atoms with Crippen LogP contribution in [-0.2, 0) is 21.2 Å². The fourth-order valence-electron chi connectivity index (χ4n) is 2.06. The third-order valence-electron chi connectivity index (χ3n) is 3.11. The Morgan fingerprint density at radius 1 is 1.22 bits per heavy atom. The van der Waals surface area contributed by atoms with Crippen LogP contribution in [0.25, 0.3) is 0 Å². The summed E-state index contributed by atoms with van der Waals surface area (Å²) in [5.74, 6) is 0. The molecular weight excluding hydrogens is 320 g/mol. The summed E-state index contributed by atoms with van der Waals surface area (Å²) in [6.45, 7) is 0.421. The molecule has 0 aromatic heterocycles. The first kappa shape index (κ1) is 16.9. The van der Waals surface area contributed by atoms with Gasteiger partial charge in [0.25, 0.3) is 5.69 Å². The molecule has 2 rings (SSSR count). The number of nitro benzene ring substituents is 1. The topological polar surface area (TPSA) is 98.5 Å². The molecule has 0 bridgehead atoms. The number of methoxy groups -OCH3 is 1. The van der Waals surface area contributed by atoms with Gasteiger partial charge in [-0.2, -0.15) is 0 Å². The summed E-state index contributed by atoms with van der Waals surface area (Å²) in [7, 11) is -1.93. The molecule has 2 aromatic rings. The van der Waals surface area contributed by atoms with Gasteiger partial charge in [0.1, 0.15) is 5.69 Å². The Morgan fingerprint density at radius 2 is 1.96 bits per heavy atom. The molecule has 0 amide bonds. The summed E-state index contributed by atoms with van der Waals surface area (Å²) < 4.78 is 28.1. The molecular formula is C15H16N2O5S. The van der Waals surface area contributed by atoms with Crippen LogP contribution in [0.15, 0.2) is 47.4 Å². The lowest BCUT2D eigenvalue weighted by Crippen LogP contribution is -2.02. The van der Waals surface area contributed by atoms with Crippen LogP contribution in [0.2, 0.25) is 0 Å². The smallest absolute Gasteiger partial charge is 0.293 e. The lowest BCUT2D eigenvalue weighted by Gasteiger charge is -2.09. The third kappa shape index (κ3) is 4.27. The number of nitro groups is 1. The molecule has 23 heavy (non-hydrogen) atoms. The van der Waals surface area contributed by atoms with Crippen molar-refractivity contribution in [2.24, 2.45) is 0 Å². The number of anilines is 2. The number of benzene rings is 2. The number of ether oxygens (including phenoxy) is 1. The van der Waals surface area contributed by atoms with Crippen LogP contribution in [-0.4, -0.2) is 26.7 Å². The number of rotatable bonds is 6. The summed E-state index contributed by atoms with van der Waals surface area (Å²) in [6, 6.07) is 11.0. The average Bonchev–Trinajstić information content (AvgIpc) is 2.47. The Bertz CT molecular complexity index is 834. The van der Waals surface area contributed by atoms with Gasteiger partial charge in [-0.3, -0.25) is 10.1 Å². The Hall–Kier alpha value is -2.45. The van der Waals surface area contributed by atoms with Crippen molar-refractivity contribution in [3.63, 3.8) is 0 Å². The van der Waals surface area contributed by atoms with E-state index in [4.69, 9.17) is 4.74 Å². The van der Waals surface area contributed by atoms with Crippen molar-refractivity contribution in [3.8, 4) is 0 Å². The maximum atomic E-state index is 11.5. The Balaban J connectivity index is 2.40. The molecule has 0 unspecified atom stereocenters. The number of nitrogens with one attached hydrogen (secondary N) is 1. The molecule has 0 aliphatic carbocycles. The fourth-order valence-corrected chi connectivity index (χ4v) is 2.70. The summed E-state index contributed by atoms with van der Waals surface area (Å²) in [6.07, 6.45) is 1.01. The van der Waals surface area contributed by atoms with Crippen molar-refractivity contribution in [2.75, 3.05) is 18.7 Å². The third-order valence-corrected chi connectivity index (χ3v) is 4.22. The van der Waals surface area contributed by atoms with E-state index in [9.17, 15) is 18.5 Å². The fraction of sp³-hybridized carbons (Fsp3) is 0.200. The molecule has 0 saturated heterocycles. The summed E-state index contributed by atoms with van der Waals surface area (Å²) in [5, 5.41) is 14.2. The van der Waals surface area contributed by atoms with E-state index in [1.54, 1.807) is 25.3 Å². The second-order valence-corrected chi connectivity index (χ2v) is 6.98. The van der Waals surface area contributed by atoms with Gasteiger partial charge < -0.3 is 10.1 Å². The minimum Gasteiger partial charge on any atom is -0.380 e. The maximum Gasteiger partial charge on any atom is 0.293 e. The van der Waals surface area contributed by atoms with E-state index in [0.717, 1.165) is 17.9 Å². The molecule has 0 radical (unpaired) electrons. The molecule has 0 fully saturated rings. The van der Waals surface area contributed by atoms with E-state index in [1.165, 1.54) is 12.1 Å². The highest BCUT2D eigenvalue weighted by atomic mass is 32.2. The molecule has 0 heterocycles. The molecule has 1 N–H and O–H groups in total. The van der Waals surface area contributed by atoms with E-state index >= 15 is 0 Å². The minimum absolute atomic E-state index is 0.0946. The molecule has 0 spiro atoms. The molecule has 0 atom stereocenters. The van der Waals surface area contributed by atoms with E-state index in [1.807, 2.05) is 6.07 Å². The highest BCUT2D eigenvalue weighted by Crippen LogP contribution is 2.30. The van der Waals surface area contributed by atoms with Crippen molar-refractivity contribution < 1.29 is 18.1 Å². The minimum atomic E-state index is -3.51. The zero-order chi connectivity index (χ0) is 17.0. The summed E-state index contributed by atoms with van der Waals surface area (Å²) in [4.78, 5) is 10.5. The quantitative estimate of drug-likeness (QED) is 0.643. The van der Waals surface area contributed by atoms with Crippen LogP contribution >= 0.6 is 0 Å². The highest BCUT2D eigenvalue weighted by Gasteiger charge is 2.18. The van der Waals surface area contributed by atoms with Crippen LogP contribution in [0.3, 0.4) is 0 Å². The lowest BCUT2D eigenvalue weighted by atomic mass is 10.2. The molecule has 7 nitrogen and oxygen atoms in total. The molecule has 0 aliphatic heterocycles. The van der Waals surface area contributed by atoms with E-state index in [2.05, 4.69) is 5.32 Å². The molecule has 0 aliphatic rings. The van der Waals surface area contributed by atoms with E-state index in [0.29, 0.717) is 12.3 Å². The number of hydrogen-bond donors (Lipinski definition) is 1. The van der Waals surface area contributed by atoms with Gasteiger partial charge >= 0.3 is 0 Å². The van der Waals surface area contributed by atoms with Crippen LogP contribution in [0, 0.1) is 10.1 Å². The van der Waals surface area contributed by atoms with Gasteiger partial charge in [0.2, 0.25) is 0 Å². The molecule has 8 heteroatoms. The first-order valence-electron chi connectivity index (χ1n) is 6.64. The largest absolute Gasteiger partial charge is 0.380 e. The molecule has 122 valence electrons. The zero-order valence-electron chi connectivity index (χ0n) is 12.6. The Morgan fingerprint density at radius 3 is 2.57 bits per heavy atom. The summed E-state index contributed by atoms with van der Waals surface area (Å²) >= 11 is 0. The van der Waals surface area contributed by atoms with Crippen molar-refractivity contribution in [1.29, 1.82) is 0 Å². The lowest BCUT2D eigenvalue weighted by molar-refractivity contribution is -0.384. The van der Waals surface area contributed by atoms with E-state index in [-0.39, 0.29) is 16.3 Å². The van der Waals surface area contributed by atoms with Gasteiger partial charge in [0, 0.05) is 25.1 Å². The SMILES string of the molecule is COCc1cccc(Nc2ccc(S(C)(=O)=O)cc2[N+](=O)[O-])c1. The first-order valence-corrected chi connectivity index (χ1v) is 8.54. The maximum absolute atomic E-state index is 11.5. The second-order valence-electron chi connectivity index (χ2n) is 4.97. The van der Waals surface area contributed by atoms with Crippen molar-refractivity contribution in [2.45, 2.75) is 11.5 Å².